The van der Waals surface area contributed by atoms with E-state index in [0.29, 0.717) is 12.1 Å². The average Bonchev–Trinajstić information content (AvgIpc) is 2.19. The Labute approximate surface area is 87.0 Å². The number of carbonyl (C=O) groups excluding carboxylic acids is 1. The fraction of sp³-hybridized carbons (Fsp3) is 0.750. The summed E-state index contributed by atoms with van der Waals surface area (Å²) in [6.07, 6.45) is 9.45. The highest BCUT2D eigenvalue weighted by atomic mass is 16.1. The highest BCUT2D eigenvalue weighted by molar-refractivity contribution is 5.64. The van der Waals surface area contributed by atoms with Gasteiger partial charge in [-0.1, -0.05) is 12.5 Å². The molecule has 14 heavy (non-hydrogen) atoms. The molecule has 0 aromatic rings. The van der Waals surface area contributed by atoms with Gasteiger partial charge in [0.25, 0.3) is 0 Å². The summed E-state index contributed by atoms with van der Waals surface area (Å²) in [6, 6.07) is 1.28. The molecule has 1 atom stereocenters. The second kappa shape index (κ2) is 5.97. The van der Waals surface area contributed by atoms with E-state index in [2.05, 4.69) is 18.7 Å². The Bertz CT molecular complexity index is 198. The van der Waals surface area contributed by atoms with E-state index in [1.807, 2.05) is 6.08 Å². The van der Waals surface area contributed by atoms with Crippen LogP contribution in [-0.2, 0) is 4.79 Å². The van der Waals surface area contributed by atoms with E-state index in [1.54, 1.807) is 6.08 Å². The van der Waals surface area contributed by atoms with E-state index in [-0.39, 0.29) is 0 Å². The summed E-state index contributed by atoms with van der Waals surface area (Å²) in [7, 11) is 0. The summed E-state index contributed by atoms with van der Waals surface area (Å²) < 4.78 is 0. The van der Waals surface area contributed by atoms with Crippen LogP contribution in [0.3, 0.4) is 0 Å². The zero-order chi connectivity index (χ0) is 10.4. The Kier molecular flexibility index (Phi) is 4.88. The summed E-state index contributed by atoms with van der Waals surface area (Å²) in [5.74, 6) is 0. The van der Waals surface area contributed by atoms with Gasteiger partial charge in [0.05, 0.1) is 0 Å². The first-order valence-corrected chi connectivity index (χ1v) is 5.61. The Hall–Kier alpha value is -0.630. The molecule has 0 aromatic heterocycles. The predicted molar refractivity (Wildman–Crippen MR) is 59.3 cm³/mol. The van der Waals surface area contributed by atoms with Crippen molar-refractivity contribution in [3.63, 3.8) is 0 Å². The van der Waals surface area contributed by atoms with Crippen LogP contribution in [0.15, 0.2) is 12.2 Å². The second-order valence-electron chi connectivity index (χ2n) is 4.28. The maximum absolute atomic E-state index is 10.2. The van der Waals surface area contributed by atoms with Crippen LogP contribution in [0.1, 0.15) is 39.5 Å². The minimum Gasteiger partial charge on any atom is -0.299 e. The standard InChI is InChI=1S/C12H21NO/c1-11(2)13-9-5-3-7-12(13)8-4-6-10-14/h4,6,10-12H,3,5,7-9H2,1-2H3/b6-4-. The molecule has 1 aliphatic rings. The summed E-state index contributed by atoms with van der Waals surface area (Å²) in [6.45, 7) is 5.72. The van der Waals surface area contributed by atoms with Gasteiger partial charge in [-0.3, -0.25) is 9.69 Å². The van der Waals surface area contributed by atoms with Crippen molar-refractivity contribution >= 4 is 6.29 Å². The van der Waals surface area contributed by atoms with Gasteiger partial charge in [0.2, 0.25) is 0 Å². The first kappa shape index (κ1) is 11.4. The normalized spacial score (nSPS) is 24.6. The summed E-state index contributed by atoms with van der Waals surface area (Å²) >= 11 is 0. The molecule has 2 nitrogen and oxygen atoms in total. The van der Waals surface area contributed by atoms with Crippen molar-refractivity contribution in [1.29, 1.82) is 0 Å². The molecular weight excluding hydrogens is 174 g/mol. The lowest BCUT2D eigenvalue weighted by atomic mass is 9.97. The molecule has 0 aliphatic carbocycles. The van der Waals surface area contributed by atoms with Gasteiger partial charge in [-0.15, -0.1) is 0 Å². The molecule has 0 radical (unpaired) electrons. The second-order valence-corrected chi connectivity index (χ2v) is 4.28. The van der Waals surface area contributed by atoms with Crippen LogP contribution in [0, 0.1) is 0 Å². The molecule has 80 valence electrons. The van der Waals surface area contributed by atoms with E-state index >= 15 is 0 Å². The third kappa shape index (κ3) is 3.26. The topological polar surface area (TPSA) is 20.3 Å². The summed E-state index contributed by atoms with van der Waals surface area (Å²) in [5, 5.41) is 0. The number of allylic oxidation sites excluding steroid dienone is 1. The van der Waals surface area contributed by atoms with Crippen molar-refractivity contribution in [1.82, 2.24) is 4.90 Å². The number of nitrogens with zero attached hydrogens (tertiary/aromatic N) is 1. The van der Waals surface area contributed by atoms with Gasteiger partial charge in [-0.25, -0.2) is 0 Å². The third-order valence-electron chi connectivity index (χ3n) is 2.96. The van der Waals surface area contributed by atoms with E-state index in [1.165, 1.54) is 25.8 Å². The lowest BCUT2D eigenvalue weighted by Gasteiger charge is -2.38. The molecule has 2 heteroatoms. The van der Waals surface area contributed by atoms with Gasteiger partial charge in [0, 0.05) is 12.1 Å². The molecule has 1 fully saturated rings. The summed E-state index contributed by atoms with van der Waals surface area (Å²) in [5.41, 5.74) is 0. The highest BCUT2D eigenvalue weighted by Crippen LogP contribution is 2.21. The van der Waals surface area contributed by atoms with Crippen molar-refractivity contribution in [2.24, 2.45) is 0 Å². The Morgan fingerprint density at radius 2 is 2.21 bits per heavy atom. The Morgan fingerprint density at radius 1 is 1.43 bits per heavy atom. The Balaban J connectivity index is 2.45. The molecule has 1 unspecified atom stereocenters. The van der Waals surface area contributed by atoms with Gasteiger partial charge in [0.15, 0.2) is 0 Å². The number of aldehydes is 1. The van der Waals surface area contributed by atoms with Crippen molar-refractivity contribution in [2.75, 3.05) is 6.54 Å². The van der Waals surface area contributed by atoms with Crippen LogP contribution >= 0.6 is 0 Å². The third-order valence-corrected chi connectivity index (χ3v) is 2.96. The highest BCUT2D eigenvalue weighted by Gasteiger charge is 2.22. The fourth-order valence-corrected chi connectivity index (χ4v) is 2.25. The predicted octanol–water partition coefficient (Wildman–Crippen LogP) is 2.39. The van der Waals surface area contributed by atoms with Gasteiger partial charge >= 0.3 is 0 Å². The number of hydrogen-bond donors (Lipinski definition) is 0. The van der Waals surface area contributed by atoms with E-state index in [9.17, 15) is 4.79 Å². The average molecular weight is 195 g/mol. The number of piperidine rings is 1. The smallest absolute Gasteiger partial charge is 0.142 e. The Morgan fingerprint density at radius 3 is 2.86 bits per heavy atom. The maximum atomic E-state index is 10.2. The minimum absolute atomic E-state index is 0.630. The molecule has 1 aliphatic heterocycles. The quantitative estimate of drug-likeness (QED) is 0.507. The molecule has 1 heterocycles. The largest absolute Gasteiger partial charge is 0.299 e. The van der Waals surface area contributed by atoms with Crippen LogP contribution in [0.4, 0.5) is 0 Å². The molecule has 0 aromatic carbocycles. The van der Waals surface area contributed by atoms with Crippen LogP contribution in [0.2, 0.25) is 0 Å². The van der Waals surface area contributed by atoms with Gasteiger partial charge in [0.1, 0.15) is 6.29 Å². The van der Waals surface area contributed by atoms with Gasteiger partial charge in [-0.2, -0.15) is 0 Å². The fourth-order valence-electron chi connectivity index (χ4n) is 2.25. The number of hydrogen-bond acceptors (Lipinski definition) is 2. The van der Waals surface area contributed by atoms with Crippen molar-refractivity contribution in [3.05, 3.63) is 12.2 Å². The lowest BCUT2D eigenvalue weighted by Crippen LogP contribution is -2.43. The SMILES string of the molecule is CC(C)N1CCCCC1C/C=C\C=O. The van der Waals surface area contributed by atoms with E-state index in [4.69, 9.17) is 0 Å². The van der Waals surface area contributed by atoms with Crippen molar-refractivity contribution in [2.45, 2.75) is 51.6 Å². The monoisotopic (exact) mass is 195 g/mol. The molecule has 0 saturated carbocycles. The molecule has 1 rings (SSSR count). The van der Waals surface area contributed by atoms with Gasteiger partial charge in [-0.05, 0) is 45.7 Å². The lowest BCUT2D eigenvalue weighted by molar-refractivity contribution is -0.104. The zero-order valence-corrected chi connectivity index (χ0v) is 9.28. The van der Waals surface area contributed by atoms with Crippen LogP contribution in [-0.4, -0.2) is 29.8 Å². The van der Waals surface area contributed by atoms with Crippen LogP contribution in [0.5, 0.6) is 0 Å². The number of carbonyl (C=O) groups is 1. The molecule has 0 amide bonds. The van der Waals surface area contributed by atoms with Crippen molar-refractivity contribution in [3.8, 4) is 0 Å². The van der Waals surface area contributed by atoms with Gasteiger partial charge < -0.3 is 0 Å². The molecule has 0 bridgehead atoms. The van der Waals surface area contributed by atoms with Crippen LogP contribution < -0.4 is 0 Å². The van der Waals surface area contributed by atoms with Crippen LogP contribution in [0.25, 0.3) is 0 Å². The first-order valence-electron chi connectivity index (χ1n) is 5.61. The summed E-state index contributed by atoms with van der Waals surface area (Å²) in [4.78, 5) is 12.7. The molecule has 0 spiro atoms. The van der Waals surface area contributed by atoms with Crippen molar-refractivity contribution < 1.29 is 4.79 Å². The molecular formula is C12H21NO. The number of rotatable bonds is 4. The van der Waals surface area contributed by atoms with E-state index < -0.39 is 0 Å². The maximum Gasteiger partial charge on any atom is 0.142 e. The number of likely N-dealkylation sites (tertiary alicyclic amines) is 1. The minimum atomic E-state index is 0.630. The first-order chi connectivity index (χ1) is 6.75. The van der Waals surface area contributed by atoms with E-state index in [0.717, 1.165) is 12.7 Å². The molecule has 0 N–H and O–H groups in total. The molecule has 1 saturated heterocycles. The zero-order valence-electron chi connectivity index (χ0n) is 9.28.